The molecule has 4 nitrogen and oxygen atoms in total. The Morgan fingerprint density at radius 1 is 1.25 bits per heavy atom. The minimum Gasteiger partial charge on any atom is -0.362 e. The van der Waals surface area contributed by atoms with Crippen LogP contribution in [0.25, 0.3) is 5.53 Å². The Morgan fingerprint density at radius 2 is 1.75 bits per heavy atom. The molecular formula is C8H5F3N2O2S. The molecule has 0 aliphatic heterocycles. The molecule has 16 heavy (non-hydrogen) atoms. The van der Waals surface area contributed by atoms with E-state index in [1.54, 1.807) is 0 Å². The van der Waals surface area contributed by atoms with Crippen molar-refractivity contribution in [3.63, 3.8) is 0 Å². The molecule has 0 fully saturated rings. The first-order valence-electron chi connectivity index (χ1n) is 3.88. The van der Waals surface area contributed by atoms with E-state index in [2.05, 4.69) is 0 Å². The van der Waals surface area contributed by atoms with E-state index in [0.717, 1.165) is 12.1 Å². The van der Waals surface area contributed by atoms with Gasteiger partial charge in [0.25, 0.3) is 9.84 Å². The van der Waals surface area contributed by atoms with E-state index in [-0.39, 0.29) is 0 Å². The molecule has 0 unspecified atom stereocenters. The molecule has 0 amide bonds. The van der Waals surface area contributed by atoms with Crippen molar-refractivity contribution in [2.45, 2.75) is 10.2 Å². The van der Waals surface area contributed by atoms with Crippen LogP contribution < -0.4 is 0 Å². The molecule has 0 saturated carbocycles. The van der Waals surface area contributed by atoms with Crippen molar-refractivity contribution in [2.24, 2.45) is 0 Å². The summed E-state index contributed by atoms with van der Waals surface area (Å²) in [6, 6.07) is 2.87. The molecule has 0 radical (unpaired) electrons. The molecule has 0 aliphatic rings. The zero-order chi connectivity index (χ0) is 12.4. The average molecular weight is 250 g/mol. The normalized spacial score (nSPS) is 11.9. The SMILES string of the molecule is [N-]=[N+]=CC(F)(F)S(=O)(=O)c1ccc(F)cc1. The van der Waals surface area contributed by atoms with Gasteiger partial charge in [0.1, 0.15) is 5.82 Å². The van der Waals surface area contributed by atoms with E-state index >= 15 is 0 Å². The topological polar surface area (TPSA) is 70.5 Å². The number of hydrogen-bond donors (Lipinski definition) is 0. The molecule has 0 bridgehead atoms. The van der Waals surface area contributed by atoms with Crippen LogP contribution in [0.3, 0.4) is 0 Å². The summed E-state index contributed by atoms with van der Waals surface area (Å²) in [5.74, 6) is -0.752. The van der Waals surface area contributed by atoms with Gasteiger partial charge in [0, 0.05) is 0 Å². The fourth-order valence-electron chi connectivity index (χ4n) is 0.907. The molecule has 1 aromatic rings. The third-order valence-corrected chi connectivity index (χ3v) is 3.41. The van der Waals surface area contributed by atoms with Crippen molar-refractivity contribution < 1.29 is 26.4 Å². The maximum atomic E-state index is 13.0. The maximum absolute atomic E-state index is 13.0. The number of rotatable bonds is 3. The van der Waals surface area contributed by atoms with Crippen LogP contribution in [-0.4, -0.2) is 24.7 Å². The van der Waals surface area contributed by atoms with Gasteiger partial charge in [-0.25, -0.2) is 12.8 Å². The second-order valence-corrected chi connectivity index (χ2v) is 4.79. The third-order valence-electron chi connectivity index (χ3n) is 1.69. The van der Waals surface area contributed by atoms with Gasteiger partial charge >= 0.3 is 11.5 Å². The molecular weight excluding hydrogens is 245 g/mol. The average Bonchev–Trinajstić information content (AvgIpc) is 2.18. The van der Waals surface area contributed by atoms with E-state index in [1.165, 1.54) is 0 Å². The smallest absolute Gasteiger partial charge is 0.362 e. The Kier molecular flexibility index (Phi) is 3.16. The summed E-state index contributed by atoms with van der Waals surface area (Å²) in [6.45, 7) is 0. The second kappa shape index (κ2) is 4.07. The number of benzene rings is 1. The van der Waals surface area contributed by atoms with Gasteiger partial charge in [-0.3, -0.25) is 0 Å². The summed E-state index contributed by atoms with van der Waals surface area (Å²) < 4.78 is 61.0. The van der Waals surface area contributed by atoms with E-state index in [4.69, 9.17) is 5.53 Å². The van der Waals surface area contributed by atoms with E-state index in [9.17, 15) is 21.6 Å². The van der Waals surface area contributed by atoms with Crippen LogP contribution in [0.15, 0.2) is 29.2 Å². The number of alkyl halides is 2. The van der Waals surface area contributed by atoms with Gasteiger partial charge in [-0.05, 0) is 24.3 Å². The summed E-state index contributed by atoms with van der Waals surface area (Å²) in [4.78, 5) is 1.22. The molecule has 8 heteroatoms. The van der Waals surface area contributed by atoms with Gasteiger partial charge in [-0.2, -0.15) is 13.6 Å². The number of sulfone groups is 1. The standard InChI is InChI=1S/C8H5F3N2O2S/c9-6-1-3-7(4-2-6)16(14,15)8(10,11)5-13-12/h1-5H. The van der Waals surface area contributed by atoms with Crippen molar-refractivity contribution in [1.82, 2.24) is 0 Å². The highest BCUT2D eigenvalue weighted by molar-refractivity contribution is 7.93. The van der Waals surface area contributed by atoms with Gasteiger partial charge in [0.15, 0.2) is 0 Å². The lowest BCUT2D eigenvalue weighted by molar-refractivity contribution is -0.0198. The molecule has 1 rings (SSSR count). The largest absolute Gasteiger partial charge is 0.440 e. The predicted molar refractivity (Wildman–Crippen MR) is 48.2 cm³/mol. The molecule has 0 heterocycles. The van der Waals surface area contributed by atoms with Crippen LogP contribution in [0, 0.1) is 5.82 Å². The molecule has 0 aromatic heterocycles. The van der Waals surface area contributed by atoms with Crippen LogP contribution in [0.4, 0.5) is 13.2 Å². The minimum absolute atomic E-state index is 0.411. The van der Waals surface area contributed by atoms with Gasteiger partial charge in [0.2, 0.25) is 0 Å². The van der Waals surface area contributed by atoms with E-state index in [1.807, 2.05) is 4.79 Å². The fraction of sp³-hybridized carbons (Fsp3) is 0.125. The predicted octanol–water partition coefficient (Wildman–Crippen LogP) is 1.49. The Hall–Kier alpha value is -1.66. The van der Waals surface area contributed by atoms with Crippen molar-refractivity contribution in [3.05, 3.63) is 35.6 Å². The van der Waals surface area contributed by atoms with Gasteiger partial charge in [-0.15, -0.1) is 0 Å². The summed E-state index contributed by atoms with van der Waals surface area (Å²) in [6.07, 6.45) is -0.411. The zero-order valence-corrected chi connectivity index (χ0v) is 8.46. The Labute approximate surface area is 88.9 Å². The summed E-state index contributed by atoms with van der Waals surface area (Å²) >= 11 is 0. The Bertz CT molecular complexity index is 533. The second-order valence-electron chi connectivity index (χ2n) is 2.76. The van der Waals surface area contributed by atoms with Crippen LogP contribution >= 0.6 is 0 Å². The van der Waals surface area contributed by atoms with Gasteiger partial charge in [-0.1, -0.05) is 0 Å². The number of halogens is 3. The van der Waals surface area contributed by atoms with Crippen LogP contribution in [-0.2, 0) is 9.84 Å². The van der Waals surface area contributed by atoms with Crippen LogP contribution in [0.5, 0.6) is 0 Å². The highest BCUT2D eigenvalue weighted by Crippen LogP contribution is 2.26. The number of nitrogens with zero attached hydrogens (tertiary/aromatic N) is 2. The molecule has 0 atom stereocenters. The van der Waals surface area contributed by atoms with Gasteiger partial charge < -0.3 is 5.53 Å². The lowest BCUT2D eigenvalue weighted by atomic mass is 10.4. The molecule has 86 valence electrons. The Balaban J connectivity index is 3.32. The van der Waals surface area contributed by atoms with Crippen molar-refractivity contribution in [1.29, 1.82) is 0 Å². The summed E-state index contributed by atoms with van der Waals surface area (Å²) in [7, 11) is -5.03. The zero-order valence-electron chi connectivity index (χ0n) is 7.64. The maximum Gasteiger partial charge on any atom is 0.440 e. The lowest BCUT2D eigenvalue weighted by Gasteiger charge is -2.08. The number of hydrogen-bond acceptors (Lipinski definition) is 2. The van der Waals surface area contributed by atoms with Crippen molar-refractivity contribution in [3.8, 4) is 0 Å². The van der Waals surface area contributed by atoms with Crippen molar-refractivity contribution >= 4 is 16.1 Å². The highest BCUT2D eigenvalue weighted by Gasteiger charge is 2.49. The Morgan fingerprint density at radius 3 is 2.19 bits per heavy atom. The first-order chi connectivity index (χ1) is 7.31. The van der Waals surface area contributed by atoms with Crippen LogP contribution in [0.2, 0.25) is 0 Å². The fourth-order valence-corrected chi connectivity index (χ4v) is 1.90. The monoisotopic (exact) mass is 250 g/mol. The molecule has 0 aliphatic carbocycles. The first kappa shape index (κ1) is 12.4. The van der Waals surface area contributed by atoms with Crippen molar-refractivity contribution in [2.75, 3.05) is 0 Å². The molecule has 0 N–H and O–H groups in total. The van der Waals surface area contributed by atoms with Gasteiger partial charge in [0.05, 0.1) is 4.90 Å². The van der Waals surface area contributed by atoms with Crippen LogP contribution in [0.1, 0.15) is 0 Å². The molecule has 0 saturated heterocycles. The highest BCUT2D eigenvalue weighted by atomic mass is 32.2. The quantitative estimate of drug-likeness (QED) is 0.353. The summed E-state index contributed by atoms with van der Waals surface area (Å²) in [5.41, 5.74) is 7.92. The van der Waals surface area contributed by atoms with E-state index < -0.39 is 32.0 Å². The molecule has 1 aromatic carbocycles. The first-order valence-corrected chi connectivity index (χ1v) is 5.36. The molecule has 0 spiro atoms. The summed E-state index contributed by atoms with van der Waals surface area (Å²) in [5, 5.41) is -4.35. The third kappa shape index (κ3) is 2.12. The minimum atomic E-state index is -5.03. The lowest BCUT2D eigenvalue weighted by Crippen LogP contribution is -2.30. The van der Waals surface area contributed by atoms with E-state index in [0.29, 0.717) is 12.1 Å².